The highest BCUT2D eigenvalue weighted by Crippen LogP contribution is 2.29. The summed E-state index contributed by atoms with van der Waals surface area (Å²) in [7, 11) is 0. The van der Waals surface area contributed by atoms with Crippen LogP contribution in [-0.4, -0.2) is 54.3 Å². The second-order valence-electron chi connectivity index (χ2n) is 8.50. The van der Waals surface area contributed by atoms with Gasteiger partial charge in [0, 0.05) is 38.6 Å². The molecule has 0 radical (unpaired) electrons. The number of nitrogens with one attached hydrogen (secondary N) is 2. The van der Waals surface area contributed by atoms with Crippen LogP contribution in [0.4, 0.5) is 4.39 Å². The lowest BCUT2D eigenvalue weighted by molar-refractivity contribution is -0.142. The van der Waals surface area contributed by atoms with Gasteiger partial charge in [0.2, 0.25) is 11.8 Å². The van der Waals surface area contributed by atoms with Crippen molar-refractivity contribution in [2.45, 2.75) is 44.6 Å². The zero-order valence-electron chi connectivity index (χ0n) is 16.9. The Balaban J connectivity index is 1.33. The third-order valence-electron chi connectivity index (χ3n) is 6.60. The van der Waals surface area contributed by atoms with Crippen LogP contribution in [0, 0.1) is 17.7 Å². The Kier molecular flexibility index (Phi) is 6.45. The van der Waals surface area contributed by atoms with Crippen LogP contribution in [0.1, 0.15) is 50.1 Å². The van der Waals surface area contributed by atoms with Crippen molar-refractivity contribution in [2.75, 3.05) is 32.7 Å². The monoisotopic (exact) mass is 402 g/mol. The van der Waals surface area contributed by atoms with Gasteiger partial charge in [0.25, 0.3) is 0 Å². The molecule has 1 aromatic rings. The van der Waals surface area contributed by atoms with E-state index in [1.807, 2.05) is 9.80 Å². The van der Waals surface area contributed by atoms with E-state index in [-0.39, 0.29) is 35.5 Å². The normalized spacial score (nSPS) is 26.4. The number of nitrogens with zero attached hydrogens (tertiary/aromatic N) is 2. The van der Waals surface area contributed by atoms with E-state index < -0.39 is 0 Å². The lowest BCUT2D eigenvalue weighted by Crippen LogP contribution is -2.47. The van der Waals surface area contributed by atoms with Gasteiger partial charge in [0.05, 0.1) is 12.0 Å². The second kappa shape index (κ2) is 9.22. The number of rotatable bonds is 3. The van der Waals surface area contributed by atoms with E-state index in [9.17, 15) is 14.0 Å². The Hall–Kier alpha value is -1.99. The molecule has 3 aliphatic rings. The largest absolute Gasteiger partial charge is 0.342 e. The average Bonchev–Trinajstić information content (AvgIpc) is 3.08. The van der Waals surface area contributed by atoms with Crippen molar-refractivity contribution in [3.05, 3.63) is 35.6 Å². The number of carbonyl (C=O) groups is 2. The van der Waals surface area contributed by atoms with Gasteiger partial charge in [0.1, 0.15) is 5.82 Å². The van der Waals surface area contributed by atoms with E-state index in [0.29, 0.717) is 19.6 Å². The van der Waals surface area contributed by atoms with E-state index in [4.69, 9.17) is 0 Å². The number of piperidine rings is 1. The Morgan fingerprint density at radius 1 is 0.862 bits per heavy atom. The lowest BCUT2D eigenvalue weighted by Gasteiger charge is -2.35. The fourth-order valence-electron chi connectivity index (χ4n) is 4.84. The molecule has 29 heavy (non-hydrogen) atoms. The van der Waals surface area contributed by atoms with Gasteiger partial charge >= 0.3 is 0 Å². The molecule has 0 aromatic heterocycles. The van der Waals surface area contributed by atoms with Gasteiger partial charge in [-0.15, -0.1) is 0 Å². The summed E-state index contributed by atoms with van der Waals surface area (Å²) in [6.07, 6.45) is 6.14. The first-order valence-corrected chi connectivity index (χ1v) is 10.9. The van der Waals surface area contributed by atoms with Crippen molar-refractivity contribution < 1.29 is 14.0 Å². The number of amides is 2. The molecule has 3 saturated heterocycles. The molecule has 2 unspecified atom stereocenters. The molecular formula is C22H31FN4O2. The van der Waals surface area contributed by atoms with Crippen molar-refractivity contribution in [3.63, 3.8) is 0 Å². The number of carbonyl (C=O) groups excluding carboxylic acids is 2. The molecule has 0 saturated carbocycles. The predicted molar refractivity (Wildman–Crippen MR) is 108 cm³/mol. The second-order valence-corrected chi connectivity index (χ2v) is 8.50. The molecule has 3 aliphatic heterocycles. The fraction of sp³-hybridized carbons (Fsp3) is 0.636. The molecule has 0 spiro atoms. The first kappa shape index (κ1) is 20.3. The molecule has 3 fully saturated rings. The Labute approximate surface area is 171 Å². The van der Waals surface area contributed by atoms with Crippen molar-refractivity contribution in [2.24, 2.45) is 11.8 Å². The number of benzene rings is 1. The first-order valence-electron chi connectivity index (χ1n) is 10.9. The molecule has 0 aliphatic carbocycles. The highest BCUT2D eigenvalue weighted by atomic mass is 19.1. The summed E-state index contributed by atoms with van der Waals surface area (Å²) >= 11 is 0. The number of halogens is 1. The molecule has 6 nitrogen and oxygen atoms in total. The van der Waals surface area contributed by atoms with Crippen LogP contribution in [0.2, 0.25) is 0 Å². The van der Waals surface area contributed by atoms with E-state index in [1.165, 1.54) is 25.0 Å². The molecule has 2 amide bonds. The quantitative estimate of drug-likeness (QED) is 0.814. The third kappa shape index (κ3) is 4.61. The van der Waals surface area contributed by atoms with Gasteiger partial charge in [-0.3, -0.25) is 15.0 Å². The Morgan fingerprint density at radius 2 is 1.48 bits per heavy atom. The van der Waals surface area contributed by atoms with Gasteiger partial charge in [0.15, 0.2) is 0 Å². The fourth-order valence-corrected chi connectivity index (χ4v) is 4.84. The van der Waals surface area contributed by atoms with Crippen LogP contribution < -0.4 is 10.9 Å². The number of hydrazine groups is 1. The van der Waals surface area contributed by atoms with Gasteiger partial charge in [-0.2, -0.15) is 0 Å². The molecular weight excluding hydrogens is 371 g/mol. The van der Waals surface area contributed by atoms with E-state index in [2.05, 4.69) is 10.9 Å². The third-order valence-corrected chi connectivity index (χ3v) is 6.60. The molecule has 2 N–H and O–H groups in total. The summed E-state index contributed by atoms with van der Waals surface area (Å²) in [5.41, 5.74) is 7.14. The molecule has 4 rings (SSSR count). The van der Waals surface area contributed by atoms with Crippen LogP contribution in [0.3, 0.4) is 0 Å². The van der Waals surface area contributed by atoms with E-state index in [1.54, 1.807) is 12.1 Å². The number of likely N-dealkylation sites (tertiary alicyclic amines) is 2. The summed E-state index contributed by atoms with van der Waals surface area (Å²) < 4.78 is 13.2. The van der Waals surface area contributed by atoms with Gasteiger partial charge < -0.3 is 9.80 Å². The first-order chi connectivity index (χ1) is 14.1. The summed E-state index contributed by atoms with van der Waals surface area (Å²) in [4.78, 5) is 30.0. The maximum Gasteiger partial charge on any atom is 0.229 e. The average molecular weight is 403 g/mol. The molecule has 2 atom stereocenters. The van der Waals surface area contributed by atoms with Crippen molar-refractivity contribution >= 4 is 11.8 Å². The molecule has 158 valence electrons. The van der Waals surface area contributed by atoms with Gasteiger partial charge in [-0.05, 0) is 43.4 Å². The number of hydrogen-bond donors (Lipinski definition) is 2. The van der Waals surface area contributed by atoms with Crippen molar-refractivity contribution in [1.82, 2.24) is 20.7 Å². The smallest absolute Gasteiger partial charge is 0.229 e. The zero-order valence-corrected chi connectivity index (χ0v) is 16.9. The van der Waals surface area contributed by atoms with E-state index >= 15 is 0 Å². The Bertz CT molecular complexity index is 710. The van der Waals surface area contributed by atoms with Crippen LogP contribution >= 0.6 is 0 Å². The van der Waals surface area contributed by atoms with Crippen LogP contribution in [0.25, 0.3) is 0 Å². The van der Waals surface area contributed by atoms with Crippen molar-refractivity contribution in [1.29, 1.82) is 0 Å². The minimum Gasteiger partial charge on any atom is -0.342 e. The maximum atomic E-state index is 13.2. The minimum atomic E-state index is -0.279. The predicted octanol–water partition coefficient (Wildman–Crippen LogP) is 2.23. The lowest BCUT2D eigenvalue weighted by atomic mass is 9.90. The van der Waals surface area contributed by atoms with Crippen LogP contribution in [-0.2, 0) is 9.59 Å². The molecule has 1 aromatic carbocycles. The standard InChI is InChI=1S/C22H31FN4O2/c23-18-7-5-16(6-8-18)20-19(15-24-25-20)22(29)27-13-9-17(10-14-27)21(28)26-11-3-1-2-4-12-26/h5-8,17,19-20,24-25H,1-4,9-15H2. The Morgan fingerprint density at radius 3 is 2.14 bits per heavy atom. The van der Waals surface area contributed by atoms with Gasteiger partial charge in [-0.1, -0.05) is 25.0 Å². The minimum absolute atomic E-state index is 0.0462. The maximum absolute atomic E-state index is 13.2. The topological polar surface area (TPSA) is 64.7 Å². The SMILES string of the molecule is O=C(C1CCN(C(=O)C2CNNC2c2ccc(F)cc2)CC1)N1CCCCCC1. The molecule has 7 heteroatoms. The van der Waals surface area contributed by atoms with Gasteiger partial charge in [-0.25, -0.2) is 9.82 Å². The van der Waals surface area contributed by atoms with E-state index in [0.717, 1.165) is 44.3 Å². The zero-order chi connectivity index (χ0) is 20.2. The van der Waals surface area contributed by atoms with Crippen LogP contribution in [0.15, 0.2) is 24.3 Å². The number of hydrogen-bond acceptors (Lipinski definition) is 4. The van der Waals surface area contributed by atoms with Crippen molar-refractivity contribution in [3.8, 4) is 0 Å². The highest BCUT2D eigenvalue weighted by Gasteiger charge is 2.38. The molecule has 3 heterocycles. The summed E-state index contributed by atoms with van der Waals surface area (Å²) in [6.45, 7) is 3.59. The summed E-state index contributed by atoms with van der Waals surface area (Å²) in [6, 6.07) is 6.14. The van der Waals surface area contributed by atoms with Crippen LogP contribution in [0.5, 0.6) is 0 Å². The highest BCUT2D eigenvalue weighted by molar-refractivity contribution is 5.82. The summed E-state index contributed by atoms with van der Waals surface area (Å²) in [5.74, 6) is -0.0631. The summed E-state index contributed by atoms with van der Waals surface area (Å²) in [5, 5.41) is 0. The molecule has 0 bridgehead atoms.